The van der Waals surface area contributed by atoms with Gasteiger partial charge in [0.25, 0.3) is 0 Å². The highest BCUT2D eigenvalue weighted by atomic mass is 15.0. The molecule has 3 aromatic carbocycles. The molecule has 4 aromatic rings. The van der Waals surface area contributed by atoms with Crippen LogP contribution in [0.5, 0.6) is 0 Å². The normalized spacial score (nSPS) is 10.6. The quantitative estimate of drug-likeness (QED) is 0.521. The van der Waals surface area contributed by atoms with Gasteiger partial charge in [-0.2, -0.15) is 0 Å². The zero-order chi connectivity index (χ0) is 17.1. The second-order valence-corrected chi connectivity index (χ2v) is 5.84. The molecule has 0 saturated heterocycles. The minimum Gasteiger partial charge on any atom is -0.213 e. The zero-order valence-corrected chi connectivity index (χ0v) is 13.9. The average molecular weight is 323 g/mol. The van der Waals surface area contributed by atoms with Gasteiger partial charge in [-0.1, -0.05) is 84.9 Å². The Hall–Kier alpha value is -3.33. The lowest BCUT2D eigenvalue weighted by atomic mass is 10.0. The number of aryl methyl sites for hydroxylation is 1. The fourth-order valence-electron chi connectivity index (χ4n) is 2.77. The van der Waals surface area contributed by atoms with Crippen LogP contribution >= 0.6 is 0 Å². The largest absolute Gasteiger partial charge is 0.213 e. The predicted molar refractivity (Wildman–Crippen MR) is 101 cm³/mol. The summed E-state index contributed by atoms with van der Waals surface area (Å²) < 4.78 is 0. The van der Waals surface area contributed by atoms with Gasteiger partial charge in [0.2, 0.25) is 0 Å². The molecule has 120 valence electrons. The van der Waals surface area contributed by atoms with E-state index in [-0.39, 0.29) is 0 Å². The van der Waals surface area contributed by atoms with Crippen molar-refractivity contribution < 1.29 is 0 Å². The van der Waals surface area contributed by atoms with E-state index in [1.54, 1.807) is 0 Å². The Morgan fingerprint density at radius 1 is 0.440 bits per heavy atom. The third-order valence-electron chi connectivity index (χ3n) is 4.03. The number of nitrogens with zero attached hydrogens (tertiary/aromatic N) is 3. The third kappa shape index (κ3) is 3.31. The Morgan fingerprint density at radius 2 is 0.840 bits per heavy atom. The summed E-state index contributed by atoms with van der Waals surface area (Å²) in [6.45, 7) is 1.90. The predicted octanol–water partition coefficient (Wildman–Crippen LogP) is 5.18. The molecule has 1 heterocycles. The summed E-state index contributed by atoms with van der Waals surface area (Å²) in [5.74, 6) is 2.12. The SMILES string of the molecule is Cc1nc(-c2ccccc2)nc(-c2ccc(-c3ccccc3)cc2)n1. The standard InChI is InChI=1S/C22H17N3/c1-16-23-21(19-10-6-3-7-11-19)25-22(24-16)20-14-12-18(13-15-20)17-8-4-2-5-9-17/h2-15H,1H3. The lowest BCUT2D eigenvalue weighted by Crippen LogP contribution is -1.99. The summed E-state index contributed by atoms with van der Waals surface area (Å²) in [6.07, 6.45) is 0. The number of aromatic nitrogens is 3. The van der Waals surface area contributed by atoms with Crippen LogP contribution in [-0.4, -0.2) is 15.0 Å². The van der Waals surface area contributed by atoms with E-state index in [0.29, 0.717) is 11.6 Å². The third-order valence-corrected chi connectivity index (χ3v) is 4.03. The van der Waals surface area contributed by atoms with E-state index < -0.39 is 0 Å². The second-order valence-electron chi connectivity index (χ2n) is 5.84. The van der Waals surface area contributed by atoms with Crippen molar-refractivity contribution in [1.82, 2.24) is 15.0 Å². The summed E-state index contributed by atoms with van der Waals surface area (Å²) in [5.41, 5.74) is 4.36. The Kier molecular flexibility index (Phi) is 4.05. The molecule has 25 heavy (non-hydrogen) atoms. The molecule has 4 rings (SSSR count). The molecule has 0 atom stereocenters. The maximum absolute atomic E-state index is 4.65. The fraction of sp³-hybridized carbons (Fsp3) is 0.0455. The van der Waals surface area contributed by atoms with Gasteiger partial charge < -0.3 is 0 Å². The van der Waals surface area contributed by atoms with Crippen molar-refractivity contribution in [2.45, 2.75) is 6.92 Å². The second kappa shape index (κ2) is 6.65. The van der Waals surface area contributed by atoms with Crippen LogP contribution in [0.25, 0.3) is 33.9 Å². The first-order valence-corrected chi connectivity index (χ1v) is 8.23. The topological polar surface area (TPSA) is 38.7 Å². The highest BCUT2D eigenvalue weighted by Crippen LogP contribution is 2.24. The molecule has 0 N–H and O–H groups in total. The molecule has 0 unspecified atom stereocenters. The van der Waals surface area contributed by atoms with Crippen LogP contribution in [0.2, 0.25) is 0 Å². The minimum absolute atomic E-state index is 0.700. The lowest BCUT2D eigenvalue weighted by molar-refractivity contribution is 0.992. The molecular formula is C22H17N3. The van der Waals surface area contributed by atoms with Crippen LogP contribution in [0.4, 0.5) is 0 Å². The number of rotatable bonds is 3. The van der Waals surface area contributed by atoms with E-state index in [2.05, 4.69) is 51.4 Å². The first-order chi connectivity index (χ1) is 12.3. The van der Waals surface area contributed by atoms with Crippen LogP contribution < -0.4 is 0 Å². The highest BCUT2D eigenvalue weighted by molar-refractivity contribution is 5.68. The molecule has 0 fully saturated rings. The molecule has 0 radical (unpaired) electrons. The van der Waals surface area contributed by atoms with Crippen LogP contribution in [0, 0.1) is 6.92 Å². The monoisotopic (exact) mass is 323 g/mol. The van der Waals surface area contributed by atoms with Crippen molar-refractivity contribution in [1.29, 1.82) is 0 Å². The van der Waals surface area contributed by atoms with Crippen LogP contribution in [0.15, 0.2) is 84.9 Å². The van der Waals surface area contributed by atoms with Crippen molar-refractivity contribution in [3.05, 3.63) is 90.8 Å². The van der Waals surface area contributed by atoms with Gasteiger partial charge in [0.15, 0.2) is 11.6 Å². The molecule has 0 aliphatic carbocycles. The lowest BCUT2D eigenvalue weighted by Gasteiger charge is -2.07. The Balaban J connectivity index is 1.71. The summed E-state index contributed by atoms with van der Waals surface area (Å²) in [4.78, 5) is 13.6. The van der Waals surface area contributed by atoms with E-state index in [0.717, 1.165) is 17.0 Å². The fourth-order valence-corrected chi connectivity index (χ4v) is 2.77. The smallest absolute Gasteiger partial charge is 0.163 e. The molecule has 0 spiro atoms. The first kappa shape index (κ1) is 15.2. The minimum atomic E-state index is 0.700. The van der Waals surface area contributed by atoms with Crippen LogP contribution in [0.1, 0.15) is 5.82 Å². The summed E-state index contributed by atoms with van der Waals surface area (Å²) in [5, 5.41) is 0. The van der Waals surface area contributed by atoms with Gasteiger partial charge in [0.1, 0.15) is 5.82 Å². The number of hydrogen-bond donors (Lipinski definition) is 0. The Morgan fingerprint density at radius 3 is 1.40 bits per heavy atom. The van der Waals surface area contributed by atoms with E-state index in [9.17, 15) is 0 Å². The first-order valence-electron chi connectivity index (χ1n) is 8.23. The van der Waals surface area contributed by atoms with Crippen LogP contribution in [0.3, 0.4) is 0 Å². The van der Waals surface area contributed by atoms with E-state index in [1.807, 2.05) is 55.5 Å². The van der Waals surface area contributed by atoms with Crippen LogP contribution in [-0.2, 0) is 0 Å². The number of hydrogen-bond acceptors (Lipinski definition) is 3. The molecule has 0 bridgehead atoms. The molecule has 3 heteroatoms. The van der Waals surface area contributed by atoms with Crippen molar-refractivity contribution in [2.24, 2.45) is 0 Å². The molecule has 0 saturated carbocycles. The maximum Gasteiger partial charge on any atom is 0.163 e. The Labute approximate surface area is 147 Å². The van der Waals surface area contributed by atoms with Crippen molar-refractivity contribution >= 4 is 0 Å². The molecule has 0 aliphatic rings. The van der Waals surface area contributed by atoms with Gasteiger partial charge in [-0.3, -0.25) is 0 Å². The van der Waals surface area contributed by atoms with E-state index >= 15 is 0 Å². The Bertz CT molecular complexity index is 979. The van der Waals surface area contributed by atoms with Gasteiger partial charge in [0.05, 0.1) is 0 Å². The molecular weight excluding hydrogens is 306 g/mol. The van der Waals surface area contributed by atoms with Crippen molar-refractivity contribution in [3.8, 4) is 33.9 Å². The van der Waals surface area contributed by atoms with E-state index in [1.165, 1.54) is 11.1 Å². The summed E-state index contributed by atoms with van der Waals surface area (Å²) in [7, 11) is 0. The van der Waals surface area contributed by atoms with E-state index in [4.69, 9.17) is 0 Å². The van der Waals surface area contributed by atoms with Gasteiger partial charge in [0, 0.05) is 11.1 Å². The molecule has 0 amide bonds. The van der Waals surface area contributed by atoms with Gasteiger partial charge in [-0.25, -0.2) is 15.0 Å². The summed E-state index contributed by atoms with van der Waals surface area (Å²) >= 11 is 0. The van der Waals surface area contributed by atoms with Gasteiger partial charge in [-0.05, 0) is 18.1 Å². The summed E-state index contributed by atoms with van der Waals surface area (Å²) in [6, 6.07) is 28.6. The van der Waals surface area contributed by atoms with Gasteiger partial charge in [-0.15, -0.1) is 0 Å². The highest BCUT2D eigenvalue weighted by Gasteiger charge is 2.08. The molecule has 0 aliphatic heterocycles. The maximum atomic E-state index is 4.65. The van der Waals surface area contributed by atoms with Crippen molar-refractivity contribution in [2.75, 3.05) is 0 Å². The van der Waals surface area contributed by atoms with Gasteiger partial charge >= 0.3 is 0 Å². The molecule has 1 aromatic heterocycles. The number of benzene rings is 3. The van der Waals surface area contributed by atoms with Crippen molar-refractivity contribution in [3.63, 3.8) is 0 Å². The average Bonchev–Trinajstić information content (AvgIpc) is 2.69. The zero-order valence-electron chi connectivity index (χ0n) is 13.9. The molecule has 3 nitrogen and oxygen atoms in total.